The number of hydrogen-bond acceptors (Lipinski definition) is 6. The molecule has 238 valence electrons. The molecule has 0 bridgehead atoms. The van der Waals surface area contributed by atoms with Crippen LogP contribution in [-0.2, 0) is 9.53 Å². The van der Waals surface area contributed by atoms with Gasteiger partial charge in [0.2, 0.25) is 0 Å². The summed E-state index contributed by atoms with van der Waals surface area (Å²) in [5.74, 6) is 5.05. The number of esters is 1. The first-order valence-electron chi connectivity index (χ1n) is 17.7. The van der Waals surface area contributed by atoms with Gasteiger partial charge in [0.1, 0.15) is 0 Å². The van der Waals surface area contributed by atoms with E-state index in [2.05, 4.69) is 36.7 Å². The number of carbonyl (C=O) groups excluding carboxylic acids is 1. The summed E-state index contributed by atoms with van der Waals surface area (Å²) in [6.45, 7) is 14.1. The van der Waals surface area contributed by atoms with Crippen LogP contribution in [0.3, 0.4) is 0 Å². The molecule has 41 heavy (non-hydrogen) atoms. The van der Waals surface area contributed by atoms with Crippen LogP contribution >= 0.6 is 0 Å². The maximum Gasteiger partial charge on any atom is 0.305 e. The second-order valence-corrected chi connectivity index (χ2v) is 15.1. The van der Waals surface area contributed by atoms with Crippen molar-refractivity contribution < 1.29 is 9.53 Å². The molecular formula is C35H66N4O2. The summed E-state index contributed by atoms with van der Waals surface area (Å²) in [5.41, 5.74) is 6.57. The van der Waals surface area contributed by atoms with Gasteiger partial charge in [-0.15, -0.1) is 0 Å². The van der Waals surface area contributed by atoms with E-state index in [0.29, 0.717) is 23.2 Å². The van der Waals surface area contributed by atoms with Crippen molar-refractivity contribution in [1.82, 2.24) is 16.0 Å². The Labute approximate surface area is 252 Å². The first-order valence-corrected chi connectivity index (χ1v) is 17.7. The number of ether oxygens (including phenoxy) is 1. The Balaban J connectivity index is 1.16. The number of unbranched alkanes of at least 4 members (excludes halogenated alkanes) is 1. The molecule has 4 saturated carbocycles. The van der Waals surface area contributed by atoms with Crippen LogP contribution in [0.2, 0.25) is 0 Å². The van der Waals surface area contributed by atoms with Gasteiger partial charge >= 0.3 is 5.97 Å². The molecular weight excluding hydrogens is 508 g/mol. The Bertz CT molecular complexity index is 794. The van der Waals surface area contributed by atoms with Gasteiger partial charge in [0, 0.05) is 12.5 Å². The van der Waals surface area contributed by atoms with E-state index in [1.807, 2.05) is 0 Å². The molecule has 5 N–H and O–H groups in total. The standard InChI is InChI=1S/C35H66N4O2/c1-26(9-14-33(40)41-4)30-12-13-31-29-11-10-27-25-28(15-17-34(27,2)32(29)16-18-35(30,31)3)39-24-8-23-38-21-6-5-20-37-22-7-19-36/h26-32,37-39H,5-25,36H2,1-4H3/t26?,27-,28-,29?,30-,31?,32?,34+,35-/m1/s1. The summed E-state index contributed by atoms with van der Waals surface area (Å²) in [6.07, 6.45) is 19.2. The number of nitrogens with one attached hydrogen (secondary N) is 3. The Morgan fingerprint density at radius 2 is 1.54 bits per heavy atom. The number of fused-ring (bicyclic) bond motifs is 5. The number of hydrogen-bond donors (Lipinski definition) is 4. The van der Waals surface area contributed by atoms with Gasteiger partial charge in [-0.3, -0.25) is 4.79 Å². The molecule has 6 nitrogen and oxygen atoms in total. The Kier molecular flexibility index (Phi) is 12.8. The van der Waals surface area contributed by atoms with E-state index in [-0.39, 0.29) is 5.97 Å². The van der Waals surface area contributed by atoms with Crippen LogP contribution in [0.4, 0.5) is 0 Å². The van der Waals surface area contributed by atoms with Crippen molar-refractivity contribution in [1.29, 1.82) is 0 Å². The Hall–Kier alpha value is -0.690. The van der Waals surface area contributed by atoms with Crippen molar-refractivity contribution in [2.24, 2.45) is 52.1 Å². The van der Waals surface area contributed by atoms with Crippen molar-refractivity contribution in [3.63, 3.8) is 0 Å². The van der Waals surface area contributed by atoms with Crippen molar-refractivity contribution in [2.75, 3.05) is 46.4 Å². The number of methoxy groups -OCH3 is 1. The lowest BCUT2D eigenvalue weighted by molar-refractivity contribution is -0.141. The van der Waals surface area contributed by atoms with E-state index in [1.165, 1.54) is 84.2 Å². The fraction of sp³-hybridized carbons (Fsp3) is 0.971. The molecule has 0 heterocycles. The van der Waals surface area contributed by atoms with Crippen LogP contribution in [0.25, 0.3) is 0 Å². The summed E-state index contributed by atoms with van der Waals surface area (Å²) >= 11 is 0. The second kappa shape index (κ2) is 15.9. The van der Waals surface area contributed by atoms with Crippen molar-refractivity contribution in [3.8, 4) is 0 Å². The highest BCUT2D eigenvalue weighted by Crippen LogP contribution is 2.68. The number of carbonyl (C=O) groups is 1. The molecule has 0 aliphatic heterocycles. The molecule has 0 aromatic rings. The van der Waals surface area contributed by atoms with Crippen molar-refractivity contribution in [2.45, 2.75) is 123 Å². The normalized spacial score (nSPS) is 37.2. The molecule has 4 aliphatic carbocycles. The average molecular weight is 575 g/mol. The first kappa shape index (κ1) is 33.2. The van der Waals surface area contributed by atoms with Gasteiger partial charge in [0.25, 0.3) is 0 Å². The van der Waals surface area contributed by atoms with Crippen LogP contribution in [-0.4, -0.2) is 58.4 Å². The van der Waals surface area contributed by atoms with Gasteiger partial charge in [-0.25, -0.2) is 0 Å². The number of nitrogens with two attached hydrogens (primary N) is 1. The molecule has 0 spiro atoms. The molecule has 4 rings (SSSR count). The summed E-state index contributed by atoms with van der Waals surface area (Å²) in [5, 5.41) is 11.1. The highest BCUT2D eigenvalue weighted by Gasteiger charge is 2.60. The average Bonchev–Trinajstić information content (AvgIpc) is 3.33. The zero-order chi connectivity index (χ0) is 29.3. The molecule has 4 unspecified atom stereocenters. The summed E-state index contributed by atoms with van der Waals surface area (Å²) < 4.78 is 4.94. The zero-order valence-electron chi connectivity index (χ0n) is 27.3. The quantitative estimate of drug-likeness (QED) is 0.128. The lowest BCUT2D eigenvalue weighted by Gasteiger charge is -2.61. The van der Waals surface area contributed by atoms with Crippen molar-refractivity contribution in [3.05, 3.63) is 0 Å². The molecule has 6 heteroatoms. The maximum absolute atomic E-state index is 11.8. The minimum atomic E-state index is -0.0398. The van der Waals surface area contributed by atoms with Gasteiger partial charge in [-0.1, -0.05) is 20.8 Å². The van der Waals surface area contributed by atoms with E-state index in [9.17, 15) is 4.79 Å². The van der Waals surface area contributed by atoms with Gasteiger partial charge in [0.05, 0.1) is 7.11 Å². The van der Waals surface area contributed by atoms with Crippen LogP contribution in [0.5, 0.6) is 0 Å². The highest BCUT2D eigenvalue weighted by atomic mass is 16.5. The van der Waals surface area contributed by atoms with Gasteiger partial charge in [0.15, 0.2) is 0 Å². The third-order valence-electron chi connectivity index (χ3n) is 12.9. The molecule has 0 aromatic heterocycles. The smallest absolute Gasteiger partial charge is 0.305 e. The predicted molar refractivity (Wildman–Crippen MR) is 171 cm³/mol. The lowest BCUT2D eigenvalue weighted by atomic mass is 9.44. The van der Waals surface area contributed by atoms with Gasteiger partial charge in [-0.2, -0.15) is 0 Å². The van der Waals surface area contributed by atoms with E-state index < -0.39 is 0 Å². The van der Waals surface area contributed by atoms with Crippen molar-refractivity contribution >= 4 is 5.97 Å². The fourth-order valence-corrected chi connectivity index (χ4v) is 10.6. The predicted octanol–water partition coefficient (Wildman–Crippen LogP) is 5.89. The topological polar surface area (TPSA) is 88.4 Å². The monoisotopic (exact) mass is 575 g/mol. The molecule has 9 atom stereocenters. The van der Waals surface area contributed by atoms with E-state index in [4.69, 9.17) is 10.5 Å². The molecule has 0 radical (unpaired) electrons. The molecule has 4 fully saturated rings. The number of rotatable bonds is 17. The summed E-state index contributed by atoms with van der Waals surface area (Å²) in [7, 11) is 1.52. The highest BCUT2D eigenvalue weighted by molar-refractivity contribution is 5.69. The fourth-order valence-electron chi connectivity index (χ4n) is 10.6. The van der Waals surface area contributed by atoms with Crippen LogP contribution in [0, 0.1) is 46.3 Å². The van der Waals surface area contributed by atoms with Gasteiger partial charge in [-0.05, 0) is 175 Å². The Morgan fingerprint density at radius 3 is 2.27 bits per heavy atom. The zero-order valence-corrected chi connectivity index (χ0v) is 27.3. The molecule has 0 amide bonds. The SMILES string of the molecule is COC(=O)CCC(C)[C@H]1CCC2C3CC[C@@H]4C[C@H](NCCCNCCCCNCCCN)CC[C@]4(C)C3CC[C@@]21C. The molecule has 0 aromatic carbocycles. The first-order chi connectivity index (χ1) is 19.8. The van der Waals surface area contributed by atoms with E-state index >= 15 is 0 Å². The van der Waals surface area contributed by atoms with Crippen LogP contribution < -0.4 is 21.7 Å². The maximum atomic E-state index is 11.8. The van der Waals surface area contributed by atoms with Crippen LogP contribution in [0.15, 0.2) is 0 Å². The summed E-state index contributed by atoms with van der Waals surface area (Å²) in [4.78, 5) is 11.8. The van der Waals surface area contributed by atoms with E-state index in [1.54, 1.807) is 0 Å². The third-order valence-corrected chi connectivity index (χ3v) is 12.9. The molecule has 4 aliphatic rings. The second-order valence-electron chi connectivity index (χ2n) is 15.1. The van der Waals surface area contributed by atoms with Gasteiger partial charge < -0.3 is 26.4 Å². The summed E-state index contributed by atoms with van der Waals surface area (Å²) in [6, 6.07) is 0.726. The van der Waals surface area contributed by atoms with E-state index in [0.717, 1.165) is 87.7 Å². The minimum absolute atomic E-state index is 0.0398. The molecule has 0 saturated heterocycles. The lowest BCUT2D eigenvalue weighted by Crippen LogP contribution is -2.55. The van der Waals surface area contributed by atoms with Crippen LogP contribution in [0.1, 0.15) is 117 Å². The third kappa shape index (κ3) is 8.08. The Morgan fingerprint density at radius 1 is 0.854 bits per heavy atom. The minimum Gasteiger partial charge on any atom is -0.469 e. The largest absolute Gasteiger partial charge is 0.469 e.